The van der Waals surface area contributed by atoms with E-state index in [-0.39, 0.29) is 17.2 Å². The van der Waals surface area contributed by atoms with Gasteiger partial charge < -0.3 is 0 Å². The SMILES string of the molecule is ClC1C=CC2C1[C@]1(Cl)C(Cl)C(Cl)[C@@]2(Cl)C1(Cl)Cl. The van der Waals surface area contributed by atoms with Crippen LogP contribution in [0, 0.1) is 11.8 Å². The van der Waals surface area contributed by atoms with Gasteiger partial charge in [0.25, 0.3) is 0 Å². The topological polar surface area (TPSA) is 0 Å². The molecule has 0 aliphatic heterocycles. The van der Waals surface area contributed by atoms with E-state index in [0.717, 1.165) is 0 Å². The molecule has 96 valence electrons. The Morgan fingerprint density at radius 1 is 0.765 bits per heavy atom. The van der Waals surface area contributed by atoms with Gasteiger partial charge in [-0.3, -0.25) is 0 Å². The molecule has 7 heteroatoms. The Bertz CT molecular complexity index is 407. The summed E-state index contributed by atoms with van der Waals surface area (Å²) in [5.41, 5.74) is 0. The first kappa shape index (κ1) is 13.7. The number of alkyl halides is 7. The van der Waals surface area contributed by atoms with E-state index >= 15 is 0 Å². The van der Waals surface area contributed by atoms with Crippen molar-refractivity contribution >= 4 is 81.2 Å². The zero-order valence-corrected chi connectivity index (χ0v) is 13.5. The molecule has 7 atom stereocenters. The van der Waals surface area contributed by atoms with Crippen molar-refractivity contribution in [3.63, 3.8) is 0 Å². The maximum absolute atomic E-state index is 6.63. The van der Waals surface area contributed by atoms with E-state index < -0.39 is 24.8 Å². The summed E-state index contributed by atoms with van der Waals surface area (Å²) in [6.07, 6.45) is 3.75. The Balaban J connectivity index is 2.24. The molecule has 0 aromatic rings. The fraction of sp³-hybridized carbons (Fsp3) is 0.800. The molecule has 0 radical (unpaired) electrons. The fourth-order valence-corrected chi connectivity index (χ4v) is 7.35. The highest BCUT2D eigenvalue weighted by atomic mass is 35.5. The molecule has 0 N–H and O–H groups in total. The summed E-state index contributed by atoms with van der Waals surface area (Å²) in [4.78, 5) is -2.21. The Hall–Kier alpha value is 1.77. The molecule has 5 unspecified atom stereocenters. The molecule has 2 bridgehead atoms. The second kappa shape index (κ2) is 3.70. The summed E-state index contributed by atoms with van der Waals surface area (Å²) in [6, 6.07) is 0. The lowest BCUT2D eigenvalue weighted by Crippen LogP contribution is -2.50. The highest BCUT2D eigenvalue weighted by molar-refractivity contribution is 6.63. The van der Waals surface area contributed by atoms with Gasteiger partial charge >= 0.3 is 0 Å². The van der Waals surface area contributed by atoms with Gasteiger partial charge in [0, 0.05) is 11.8 Å². The zero-order valence-electron chi connectivity index (χ0n) is 8.19. The molecular weight excluding hydrogens is 368 g/mol. The first-order chi connectivity index (χ1) is 7.70. The number of hydrogen-bond donors (Lipinski definition) is 0. The molecule has 3 aliphatic carbocycles. The van der Waals surface area contributed by atoms with Gasteiger partial charge in [0.1, 0.15) is 9.75 Å². The van der Waals surface area contributed by atoms with Gasteiger partial charge in [0.15, 0.2) is 4.33 Å². The van der Waals surface area contributed by atoms with Gasteiger partial charge in [-0.15, -0.1) is 58.0 Å². The van der Waals surface area contributed by atoms with Crippen LogP contribution in [0.2, 0.25) is 0 Å². The number of rotatable bonds is 0. The van der Waals surface area contributed by atoms with Gasteiger partial charge in [0.2, 0.25) is 0 Å². The van der Waals surface area contributed by atoms with Crippen LogP contribution in [0.5, 0.6) is 0 Å². The van der Waals surface area contributed by atoms with Crippen LogP contribution >= 0.6 is 81.2 Å². The third-order valence-electron chi connectivity index (χ3n) is 4.22. The normalized spacial score (nSPS) is 63.1. The van der Waals surface area contributed by atoms with Gasteiger partial charge in [-0.05, 0) is 0 Å². The van der Waals surface area contributed by atoms with E-state index in [1.165, 1.54) is 0 Å². The molecule has 2 fully saturated rings. The molecule has 0 aromatic carbocycles. The van der Waals surface area contributed by atoms with Crippen molar-refractivity contribution in [2.24, 2.45) is 11.8 Å². The third kappa shape index (κ3) is 1.20. The minimum atomic E-state index is -1.41. The maximum atomic E-state index is 6.63. The quantitative estimate of drug-likeness (QED) is 0.423. The highest BCUT2D eigenvalue weighted by Gasteiger charge is 2.86. The monoisotopic (exact) mass is 372 g/mol. The smallest absolute Gasteiger partial charge is 0.119 e. The van der Waals surface area contributed by atoms with Crippen molar-refractivity contribution in [1.82, 2.24) is 0 Å². The van der Waals surface area contributed by atoms with Crippen molar-refractivity contribution < 1.29 is 0 Å². The van der Waals surface area contributed by atoms with Crippen molar-refractivity contribution in [3.05, 3.63) is 12.2 Å². The lowest BCUT2D eigenvalue weighted by molar-refractivity contribution is 0.327. The predicted molar refractivity (Wildman–Crippen MR) is 76.6 cm³/mol. The minimum absolute atomic E-state index is 0.156. The summed E-state index contributed by atoms with van der Waals surface area (Å²) in [6.45, 7) is 0. The predicted octanol–water partition coefficient (Wildman–Crippen LogP) is 4.77. The van der Waals surface area contributed by atoms with Crippen LogP contribution in [0.1, 0.15) is 0 Å². The molecule has 0 spiro atoms. The van der Waals surface area contributed by atoms with Gasteiger partial charge in [-0.25, -0.2) is 0 Å². The molecule has 2 saturated carbocycles. The van der Waals surface area contributed by atoms with Crippen LogP contribution in [-0.2, 0) is 0 Å². The summed E-state index contributed by atoms with van der Waals surface area (Å²) < 4.78 is -1.41. The van der Waals surface area contributed by atoms with E-state index in [4.69, 9.17) is 81.2 Å². The summed E-state index contributed by atoms with van der Waals surface area (Å²) >= 11 is 44.9. The zero-order chi connectivity index (χ0) is 12.8. The summed E-state index contributed by atoms with van der Waals surface area (Å²) in [7, 11) is 0. The van der Waals surface area contributed by atoms with E-state index in [1.807, 2.05) is 12.2 Å². The van der Waals surface area contributed by atoms with Crippen LogP contribution < -0.4 is 0 Å². The van der Waals surface area contributed by atoms with Gasteiger partial charge in [-0.1, -0.05) is 35.4 Å². The molecule has 0 amide bonds. The van der Waals surface area contributed by atoms with E-state index in [9.17, 15) is 0 Å². The fourth-order valence-electron chi connectivity index (χ4n) is 3.41. The number of halogens is 7. The van der Waals surface area contributed by atoms with Gasteiger partial charge in [0.05, 0.1) is 16.1 Å². The number of allylic oxidation sites excluding steroid dienone is 2. The van der Waals surface area contributed by atoms with E-state index in [0.29, 0.717) is 0 Å². The Morgan fingerprint density at radius 2 is 1.29 bits per heavy atom. The minimum Gasteiger partial charge on any atom is -0.119 e. The van der Waals surface area contributed by atoms with Crippen LogP contribution in [0.3, 0.4) is 0 Å². The summed E-state index contributed by atoms with van der Waals surface area (Å²) in [5, 5.41) is -1.51. The van der Waals surface area contributed by atoms with Crippen LogP contribution in [0.25, 0.3) is 0 Å². The molecule has 0 heterocycles. The van der Waals surface area contributed by atoms with E-state index in [1.54, 1.807) is 0 Å². The second-order valence-electron chi connectivity index (χ2n) is 4.79. The Labute approximate surface area is 134 Å². The molecular formula is C10H7Cl7. The first-order valence-corrected chi connectivity index (χ1v) is 7.89. The highest BCUT2D eigenvalue weighted by Crippen LogP contribution is 2.77. The third-order valence-corrected chi connectivity index (χ3v) is 9.37. The molecule has 3 aliphatic rings. The Morgan fingerprint density at radius 3 is 1.88 bits per heavy atom. The van der Waals surface area contributed by atoms with Crippen LogP contribution in [-0.4, -0.2) is 30.2 Å². The van der Waals surface area contributed by atoms with Crippen molar-refractivity contribution in [3.8, 4) is 0 Å². The average Bonchev–Trinajstić information content (AvgIpc) is 2.73. The lowest BCUT2D eigenvalue weighted by atomic mass is 9.80. The van der Waals surface area contributed by atoms with Crippen molar-refractivity contribution in [2.45, 2.75) is 30.2 Å². The van der Waals surface area contributed by atoms with Crippen LogP contribution in [0.15, 0.2) is 12.2 Å². The molecule has 17 heavy (non-hydrogen) atoms. The molecule has 3 rings (SSSR count). The van der Waals surface area contributed by atoms with E-state index in [2.05, 4.69) is 0 Å². The van der Waals surface area contributed by atoms with Crippen molar-refractivity contribution in [1.29, 1.82) is 0 Å². The second-order valence-corrected chi connectivity index (χ2v) is 8.82. The Kier molecular flexibility index (Phi) is 2.99. The number of fused-ring (bicyclic) bond motifs is 5. The standard InChI is InChI=1S/C10H7Cl7/c11-4-2-1-3-5(4)9(15)7(13)6(12)8(3,14)10(9,16)17/h1-7H/t3?,4?,5?,6?,7?,8-,9+/m1/s1. The average molecular weight is 375 g/mol. The molecule has 0 aromatic heterocycles. The largest absolute Gasteiger partial charge is 0.160 e. The van der Waals surface area contributed by atoms with Gasteiger partial charge in [-0.2, -0.15) is 0 Å². The number of hydrogen-bond acceptors (Lipinski definition) is 0. The van der Waals surface area contributed by atoms with Crippen molar-refractivity contribution in [2.75, 3.05) is 0 Å². The molecule has 0 saturated heterocycles. The first-order valence-electron chi connectivity index (χ1n) is 5.07. The van der Waals surface area contributed by atoms with Crippen LogP contribution in [0.4, 0.5) is 0 Å². The summed E-state index contributed by atoms with van der Waals surface area (Å²) in [5.74, 6) is -0.354. The molecule has 0 nitrogen and oxygen atoms in total. The maximum Gasteiger partial charge on any atom is 0.160 e. The lowest BCUT2D eigenvalue weighted by Gasteiger charge is -2.39.